The van der Waals surface area contributed by atoms with Crippen LogP contribution in [0.15, 0.2) is 12.5 Å². The van der Waals surface area contributed by atoms with Gasteiger partial charge in [-0.15, -0.1) is 0 Å². The summed E-state index contributed by atoms with van der Waals surface area (Å²) in [7, 11) is 0. The quantitative estimate of drug-likeness (QED) is 0.921. The number of carboxylic acids is 1. The zero-order valence-electron chi connectivity index (χ0n) is 13.9. The molecule has 3 atom stereocenters. The predicted octanol–water partition coefficient (Wildman–Crippen LogP) is 2.04. The van der Waals surface area contributed by atoms with Crippen LogP contribution in [0.3, 0.4) is 0 Å². The molecule has 0 unspecified atom stereocenters. The number of ether oxygens (including phenoxy) is 1. The van der Waals surface area contributed by atoms with Crippen LogP contribution in [0, 0.1) is 12.3 Å². The maximum absolute atomic E-state index is 12.4. The molecule has 0 aromatic carbocycles. The molecule has 1 aliphatic heterocycles. The second-order valence-corrected chi connectivity index (χ2v) is 7.72. The zero-order valence-corrected chi connectivity index (χ0v) is 13.9. The van der Waals surface area contributed by atoms with E-state index in [4.69, 9.17) is 4.74 Å². The number of carboxylic acid groups (broad SMARTS) is 1. The molecule has 1 saturated heterocycles. The maximum Gasteiger partial charge on any atom is 0.411 e. The molecular weight excluding hydrogens is 298 g/mol. The van der Waals surface area contributed by atoms with E-state index in [-0.39, 0.29) is 11.5 Å². The van der Waals surface area contributed by atoms with Crippen molar-refractivity contribution in [3.63, 3.8) is 0 Å². The van der Waals surface area contributed by atoms with E-state index in [0.29, 0.717) is 13.0 Å². The first-order chi connectivity index (χ1) is 10.6. The lowest BCUT2D eigenvalue weighted by Gasteiger charge is -2.28. The van der Waals surface area contributed by atoms with Crippen LogP contribution in [-0.4, -0.2) is 49.3 Å². The Kier molecular flexibility index (Phi) is 3.42. The van der Waals surface area contributed by atoms with Gasteiger partial charge in [0.1, 0.15) is 11.6 Å². The number of hydrogen-bond acceptors (Lipinski definition) is 4. The van der Waals surface area contributed by atoms with E-state index in [1.807, 2.05) is 17.7 Å². The Morgan fingerprint density at radius 2 is 2.13 bits per heavy atom. The number of likely N-dealkylation sites (tertiary alicyclic amines) is 1. The molecule has 1 aromatic heterocycles. The zero-order chi connectivity index (χ0) is 17.0. The number of amides is 1. The number of carbonyl (C=O) groups is 2. The summed E-state index contributed by atoms with van der Waals surface area (Å²) in [5, 5.41) is 9.49. The smallest absolute Gasteiger partial charge is 0.411 e. The molecule has 1 amide bonds. The Balaban J connectivity index is 1.78. The van der Waals surface area contributed by atoms with Gasteiger partial charge in [-0.25, -0.2) is 14.6 Å². The van der Waals surface area contributed by atoms with Crippen molar-refractivity contribution in [1.82, 2.24) is 14.5 Å². The summed E-state index contributed by atoms with van der Waals surface area (Å²) >= 11 is 0. The summed E-state index contributed by atoms with van der Waals surface area (Å²) in [6, 6.07) is -0.880. The van der Waals surface area contributed by atoms with Crippen LogP contribution in [-0.2, 0) is 16.1 Å². The molecule has 7 heteroatoms. The number of aromatic nitrogens is 2. The Morgan fingerprint density at radius 1 is 1.43 bits per heavy atom. The molecule has 2 fully saturated rings. The van der Waals surface area contributed by atoms with Gasteiger partial charge >= 0.3 is 12.1 Å². The van der Waals surface area contributed by atoms with Crippen LogP contribution in [0.25, 0.3) is 0 Å². The van der Waals surface area contributed by atoms with Gasteiger partial charge in [0, 0.05) is 24.2 Å². The lowest BCUT2D eigenvalue weighted by Crippen LogP contribution is -2.45. The summed E-state index contributed by atoms with van der Waals surface area (Å²) in [6.45, 7) is 7.95. The third-order valence-corrected chi connectivity index (χ3v) is 4.57. The van der Waals surface area contributed by atoms with Gasteiger partial charge in [0.25, 0.3) is 0 Å². The molecule has 1 aliphatic carbocycles. The molecule has 7 nitrogen and oxygen atoms in total. The van der Waals surface area contributed by atoms with Gasteiger partial charge in [0.15, 0.2) is 0 Å². The number of rotatable bonds is 3. The van der Waals surface area contributed by atoms with Gasteiger partial charge in [0.2, 0.25) is 0 Å². The highest BCUT2D eigenvalue weighted by Crippen LogP contribution is 2.60. The fraction of sp³-hybridized carbons (Fsp3) is 0.688. The SMILES string of the molecule is Cc1cn(C[C@@]23C[C@@H](C(=O)O)N(C(=O)OC(C)(C)C)[C@@H]2C3)cn1. The van der Waals surface area contributed by atoms with E-state index in [9.17, 15) is 14.7 Å². The summed E-state index contributed by atoms with van der Waals surface area (Å²) in [5.74, 6) is -0.968. The lowest BCUT2D eigenvalue weighted by atomic mass is 9.99. The van der Waals surface area contributed by atoms with Crippen molar-refractivity contribution < 1.29 is 19.4 Å². The topological polar surface area (TPSA) is 84.7 Å². The number of carbonyl (C=O) groups excluding carboxylic acids is 1. The molecule has 126 valence electrons. The Hall–Kier alpha value is -2.05. The van der Waals surface area contributed by atoms with Crippen molar-refractivity contribution in [2.75, 3.05) is 0 Å². The second kappa shape index (κ2) is 4.97. The number of hydrogen-bond donors (Lipinski definition) is 1. The Bertz CT molecular complexity index is 648. The van der Waals surface area contributed by atoms with Crippen LogP contribution in [0.5, 0.6) is 0 Å². The van der Waals surface area contributed by atoms with Gasteiger partial charge in [-0.05, 0) is 40.5 Å². The summed E-state index contributed by atoms with van der Waals surface area (Å²) < 4.78 is 7.38. The number of piperidine rings is 1. The first-order valence-electron chi connectivity index (χ1n) is 7.84. The van der Waals surface area contributed by atoms with E-state index in [2.05, 4.69) is 4.98 Å². The highest BCUT2D eigenvalue weighted by Gasteiger charge is 2.68. The summed E-state index contributed by atoms with van der Waals surface area (Å²) in [6.07, 6.45) is 4.44. The van der Waals surface area contributed by atoms with E-state index in [1.54, 1.807) is 27.1 Å². The number of aryl methyl sites for hydroxylation is 1. The van der Waals surface area contributed by atoms with Gasteiger partial charge in [-0.2, -0.15) is 0 Å². The number of aliphatic carboxylic acids is 1. The third kappa shape index (κ3) is 2.92. The van der Waals surface area contributed by atoms with Crippen molar-refractivity contribution >= 4 is 12.1 Å². The number of fused-ring (bicyclic) bond motifs is 1. The minimum atomic E-state index is -0.968. The van der Waals surface area contributed by atoms with Crippen molar-refractivity contribution in [2.24, 2.45) is 5.41 Å². The van der Waals surface area contributed by atoms with Gasteiger partial charge in [0.05, 0.1) is 12.0 Å². The fourth-order valence-electron chi connectivity index (χ4n) is 3.57. The molecule has 2 heterocycles. The van der Waals surface area contributed by atoms with Crippen LogP contribution in [0.4, 0.5) is 4.79 Å². The van der Waals surface area contributed by atoms with Crippen molar-refractivity contribution in [3.05, 3.63) is 18.2 Å². The minimum absolute atomic E-state index is 0.0684. The van der Waals surface area contributed by atoms with Gasteiger partial charge in [-0.1, -0.05) is 0 Å². The molecule has 2 aliphatic rings. The van der Waals surface area contributed by atoms with Crippen LogP contribution in [0.1, 0.15) is 39.3 Å². The molecule has 1 saturated carbocycles. The largest absolute Gasteiger partial charge is 0.480 e. The molecule has 0 bridgehead atoms. The summed E-state index contributed by atoms with van der Waals surface area (Å²) in [5.41, 5.74) is 0.116. The first kappa shape index (κ1) is 15.8. The lowest BCUT2D eigenvalue weighted by molar-refractivity contribution is -0.142. The molecule has 0 spiro atoms. The monoisotopic (exact) mass is 321 g/mol. The van der Waals surface area contributed by atoms with Gasteiger partial charge in [-0.3, -0.25) is 4.90 Å². The second-order valence-electron chi connectivity index (χ2n) is 7.72. The highest BCUT2D eigenvalue weighted by molar-refractivity contribution is 5.82. The van der Waals surface area contributed by atoms with Crippen molar-refractivity contribution in [2.45, 2.75) is 64.8 Å². The first-order valence-corrected chi connectivity index (χ1v) is 7.84. The standard InChI is InChI=1S/C16H23N3O4/c1-10-7-18(9-17-10)8-16-5-11(13(20)21)19(12(16)6-16)14(22)23-15(2,3)4/h7,9,11-12H,5-6,8H2,1-4H3,(H,20,21)/t11-,12+,16-/m0/s1. The maximum atomic E-state index is 12.4. The molecular formula is C16H23N3O4. The van der Waals surface area contributed by atoms with Crippen molar-refractivity contribution in [1.29, 1.82) is 0 Å². The average molecular weight is 321 g/mol. The molecule has 3 rings (SSSR count). The van der Waals surface area contributed by atoms with Crippen molar-refractivity contribution in [3.8, 4) is 0 Å². The van der Waals surface area contributed by atoms with Crippen LogP contribution >= 0.6 is 0 Å². The van der Waals surface area contributed by atoms with E-state index < -0.39 is 23.7 Å². The Labute approximate surface area is 135 Å². The van der Waals surface area contributed by atoms with Crippen LogP contribution in [0.2, 0.25) is 0 Å². The molecule has 1 aromatic rings. The van der Waals surface area contributed by atoms with Crippen LogP contribution < -0.4 is 0 Å². The minimum Gasteiger partial charge on any atom is -0.480 e. The van der Waals surface area contributed by atoms with E-state index in [0.717, 1.165) is 12.1 Å². The molecule has 1 N–H and O–H groups in total. The van der Waals surface area contributed by atoms with E-state index >= 15 is 0 Å². The average Bonchev–Trinajstić information content (AvgIpc) is 2.74. The fourth-order valence-corrected chi connectivity index (χ4v) is 3.57. The number of nitrogens with zero attached hydrogens (tertiary/aromatic N) is 3. The molecule has 23 heavy (non-hydrogen) atoms. The summed E-state index contributed by atoms with van der Waals surface area (Å²) in [4.78, 5) is 29.6. The number of imidazole rings is 1. The molecule has 0 radical (unpaired) electrons. The van der Waals surface area contributed by atoms with E-state index in [1.165, 1.54) is 4.90 Å². The third-order valence-electron chi connectivity index (χ3n) is 4.57. The Morgan fingerprint density at radius 3 is 2.65 bits per heavy atom. The normalized spacial score (nSPS) is 29.3. The predicted molar refractivity (Wildman–Crippen MR) is 81.9 cm³/mol. The van der Waals surface area contributed by atoms with Gasteiger partial charge < -0.3 is 14.4 Å². The highest BCUT2D eigenvalue weighted by atomic mass is 16.6.